The van der Waals surface area contributed by atoms with Crippen molar-refractivity contribution in [3.8, 4) is 16.3 Å². The molecule has 30 heavy (non-hydrogen) atoms. The zero-order chi connectivity index (χ0) is 21.5. The van der Waals surface area contributed by atoms with Gasteiger partial charge in [0.25, 0.3) is 5.91 Å². The highest BCUT2D eigenvalue weighted by Gasteiger charge is 2.35. The van der Waals surface area contributed by atoms with Crippen LogP contribution in [0.5, 0.6) is 5.75 Å². The summed E-state index contributed by atoms with van der Waals surface area (Å²) in [6.07, 6.45) is 0.0106. The van der Waals surface area contributed by atoms with E-state index in [4.69, 9.17) is 16.3 Å². The molecule has 1 N–H and O–H groups in total. The number of hydrogen-bond donors (Lipinski definition) is 1. The second-order valence-corrected chi connectivity index (χ2v) is 10.1. The highest BCUT2D eigenvalue weighted by Crippen LogP contribution is 2.37. The number of nitrogens with zero attached hydrogens (tertiary/aromatic N) is 3. The summed E-state index contributed by atoms with van der Waals surface area (Å²) in [6.45, 7) is 1.81. The van der Waals surface area contributed by atoms with Crippen LogP contribution < -0.4 is 14.4 Å². The fourth-order valence-corrected chi connectivity index (χ4v) is 4.77. The molecule has 0 radical (unpaired) electrons. The highest BCUT2D eigenvalue weighted by atomic mass is 35.5. The summed E-state index contributed by atoms with van der Waals surface area (Å²) in [5.74, 6) is -0.260. The van der Waals surface area contributed by atoms with Gasteiger partial charge in [-0.2, -0.15) is 0 Å². The number of anilines is 2. The Kier molecular flexibility index (Phi) is 5.39. The first-order valence-electron chi connectivity index (χ1n) is 8.86. The number of amides is 1. The largest absolute Gasteiger partial charge is 0.476 e. The van der Waals surface area contributed by atoms with Crippen molar-refractivity contribution < 1.29 is 17.9 Å². The van der Waals surface area contributed by atoms with Gasteiger partial charge in [0.05, 0.1) is 18.5 Å². The summed E-state index contributed by atoms with van der Waals surface area (Å²) in [4.78, 5) is 12.8. The molecule has 2 aromatic carbocycles. The number of ether oxygens (including phenoxy) is 1. The molecular weight excluding hydrogens is 448 g/mol. The van der Waals surface area contributed by atoms with Gasteiger partial charge in [-0.15, -0.1) is 10.2 Å². The molecule has 1 aliphatic heterocycles. The van der Waals surface area contributed by atoms with Crippen molar-refractivity contribution >= 4 is 49.7 Å². The van der Waals surface area contributed by atoms with Crippen LogP contribution in [0, 0.1) is 6.92 Å². The molecule has 4 rings (SSSR count). The van der Waals surface area contributed by atoms with Crippen LogP contribution in [0.4, 0.5) is 10.8 Å². The Morgan fingerprint density at radius 3 is 2.67 bits per heavy atom. The second kappa shape index (κ2) is 7.86. The Labute approximate surface area is 182 Å². The number of sulfonamides is 1. The molecule has 2 heterocycles. The van der Waals surface area contributed by atoms with E-state index in [1.165, 1.54) is 23.5 Å². The van der Waals surface area contributed by atoms with Gasteiger partial charge < -0.3 is 4.74 Å². The third-order valence-corrected chi connectivity index (χ3v) is 6.71. The molecule has 156 valence electrons. The van der Waals surface area contributed by atoms with Crippen molar-refractivity contribution in [3.05, 3.63) is 53.1 Å². The molecule has 1 aromatic heterocycles. The maximum absolute atomic E-state index is 12.8. The van der Waals surface area contributed by atoms with E-state index in [9.17, 15) is 13.2 Å². The maximum Gasteiger partial charge on any atom is 0.269 e. The lowest BCUT2D eigenvalue weighted by Gasteiger charge is -2.33. The predicted molar refractivity (Wildman–Crippen MR) is 117 cm³/mol. The third kappa shape index (κ3) is 4.25. The van der Waals surface area contributed by atoms with E-state index in [1.807, 2.05) is 31.2 Å². The van der Waals surface area contributed by atoms with E-state index in [0.29, 0.717) is 20.8 Å². The van der Waals surface area contributed by atoms with Crippen LogP contribution in [0.15, 0.2) is 42.5 Å². The topological polar surface area (TPSA) is 101 Å². The van der Waals surface area contributed by atoms with Crippen molar-refractivity contribution in [1.82, 2.24) is 10.2 Å². The number of hydrogen-bond acceptors (Lipinski definition) is 7. The maximum atomic E-state index is 12.8. The third-order valence-electron chi connectivity index (χ3n) is 4.44. The number of rotatable bonds is 4. The van der Waals surface area contributed by atoms with Crippen molar-refractivity contribution in [1.29, 1.82) is 0 Å². The summed E-state index contributed by atoms with van der Waals surface area (Å²) in [5.41, 5.74) is 2.32. The van der Waals surface area contributed by atoms with Crippen LogP contribution >= 0.6 is 22.9 Å². The van der Waals surface area contributed by atoms with Crippen molar-refractivity contribution in [2.45, 2.75) is 13.0 Å². The van der Waals surface area contributed by atoms with Gasteiger partial charge in [0.2, 0.25) is 15.2 Å². The van der Waals surface area contributed by atoms with Gasteiger partial charge in [0.15, 0.2) is 6.10 Å². The Morgan fingerprint density at radius 2 is 1.97 bits per heavy atom. The average molecular weight is 465 g/mol. The molecule has 3 aromatic rings. The molecule has 8 nitrogen and oxygen atoms in total. The van der Waals surface area contributed by atoms with E-state index in [1.54, 1.807) is 6.07 Å². The second-order valence-electron chi connectivity index (χ2n) is 6.78. The molecule has 0 saturated carbocycles. The quantitative estimate of drug-likeness (QED) is 0.635. The first-order chi connectivity index (χ1) is 14.2. The van der Waals surface area contributed by atoms with Crippen LogP contribution in [0.1, 0.15) is 5.56 Å². The van der Waals surface area contributed by atoms with Crippen molar-refractivity contribution in [2.75, 3.05) is 22.4 Å². The fourth-order valence-electron chi connectivity index (χ4n) is 2.95. The van der Waals surface area contributed by atoms with Gasteiger partial charge in [0, 0.05) is 10.6 Å². The molecule has 1 aliphatic rings. The van der Waals surface area contributed by atoms with Gasteiger partial charge in [-0.05, 0) is 25.1 Å². The van der Waals surface area contributed by atoms with Crippen LogP contribution in [0.25, 0.3) is 10.6 Å². The number of aromatic nitrogens is 2. The zero-order valence-electron chi connectivity index (χ0n) is 16.0. The summed E-state index contributed by atoms with van der Waals surface area (Å²) in [6, 6.07) is 12.4. The van der Waals surface area contributed by atoms with Crippen LogP contribution in [-0.2, 0) is 14.8 Å². The van der Waals surface area contributed by atoms with E-state index >= 15 is 0 Å². The van der Waals surface area contributed by atoms with E-state index < -0.39 is 22.0 Å². The summed E-state index contributed by atoms with van der Waals surface area (Å²) >= 11 is 7.21. The first-order valence-corrected chi connectivity index (χ1v) is 11.9. The highest BCUT2D eigenvalue weighted by molar-refractivity contribution is 7.92. The number of nitrogens with one attached hydrogen (secondary N) is 1. The van der Waals surface area contributed by atoms with E-state index in [-0.39, 0.29) is 12.3 Å². The van der Waals surface area contributed by atoms with Crippen molar-refractivity contribution in [2.24, 2.45) is 0 Å². The molecule has 0 fully saturated rings. The minimum Gasteiger partial charge on any atom is -0.476 e. The number of carbonyl (C=O) groups is 1. The van der Waals surface area contributed by atoms with Crippen molar-refractivity contribution in [3.63, 3.8) is 0 Å². The standard InChI is InChI=1S/C19H17ClN4O4S2/c1-11-3-5-12(6-4-11)18-22-23-19(29-18)21-17(25)16-10-24(30(2,26)27)14-9-13(20)7-8-15(14)28-16/h3-9,16H,10H2,1-2H3,(H,21,23,25)/t16-/m0/s1. The zero-order valence-corrected chi connectivity index (χ0v) is 18.4. The van der Waals surface area contributed by atoms with Gasteiger partial charge in [0.1, 0.15) is 10.8 Å². The lowest BCUT2D eigenvalue weighted by molar-refractivity contribution is -0.122. The molecule has 0 saturated heterocycles. The predicted octanol–water partition coefficient (Wildman–Crippen LogP) is 3.33. The molecule has 0 spiro atoms. The summed E-state index contributed by atoms with van der Waals surface area (Å²) in [5, 5.41) is 12.1. The summed E-state index contributed by atoms with van der Waals surface area (Å²) in [7, 11) is -3.64. The SMILES string of the molecule is Cc1ccc(-c2nnc(NC(=O)[C@@H]3CN(S(C)(=O)=O)c4cc(Cl)ccc4O3)s2)cc1. The molecule has 11 heteroatoms. The number of carbonyl (C=O) groups excluding carboxylic acids is 1. The lowest BCUT2D eigenvalue weighted by atomic mass is 10.2. The monoisotopic (exact) mass is 464 g/mol. The smallest absolute Gasteiger partial charge is 0.269 e. The minimum atomic E-state index is -3.64. The van der Waals surface area contributed by atoms with Gasteiger partial charge >= 0.3 is 0 Å². The Hall–Kier alpha value is -2.69. The van der Waals surface area contributed by atoms with Crippen LogP contribution in [-0.4, -0.2) is 43.4 Å². The molecule has 0 aliphatic carbocycles. The first kappa shape index (κ1) is 20.6. The van der Waals surface area contributed by atoms with E-state index in [0.717, 1.165) is 21.7 Å². The van der Waals surface area contributed by atoms with Gasteiger partial charge in [-0.25, -0.2) is 8.42 Å². The Bertz CT molecular complexity index is 1210. The number of fused-ring (bicyclic) bond motifs is 1. The molecule has 1 atom stereocenters. The van der Waals surface area contributed by atoms with Crippen LogP contribution in [0.2, 0.25) is 5.02 Å². The number of halogens is 1. The number of benzene rings is 2. The molecule has 0 bridgehead atoms. The number of aryl methyl sites for hydroxylation is 1. The van der Waals surface area contributed by atoms with Gasteiger partial charge in [-0.3, -0.25) is 14.4 Å². The van der Waals surface area contributed by atoms with Gasteiger partial charge in [-0.1, -0.05) is 52.8 Å². The molecule has 1 amide bonds. The minimum absolute atomic E-state index is 0.179. The lowest BCUT2D eigenvalue weighted by Crippen LogP contribution is -2.48. The molecule has 0 unspecified atom stereocenters. The van der Waals surface area contributed by atoms with E-state index in [2.05, 4.69) is 15.5 Å². The molecular formula is C19H17ClN4O4S2. The van der Waals surface area contributed by atoms with Crippen LogP contribution in [0.3, 0.4) is 0 Å². The normalized spacial score (nSPS) is 16.0. The fraction of sp³-hybridized carbons (Fsp3) is 0.211. The Balaban J connectivity index is 1.54. The average Bonchev–Trinajstić information content (AvgIpc) is 3.15. The summed E-state index contributed by atoms with van der Waals surface area (Å²) < 4.78 is 31.3. The Morgan fingerprint density at radius 1 is 1.23 bits per heavy atom.